The van der Waals surface area contributed by atoms with E-state index in [1.54, 1.807) is 24.3 Å². The Morgan fingerprint density at radius 3 is 2.54 bits per heavy atom. The number of H-pyrrole nitrogens is 1. The number of pyridine rings is 1. The van der Waals surface area contributed by atoms with E-state index < -0.39 is 29.4 Å². The molecule has 0 saturated heterocycles. The van der Waals surface area contributed by atoms with Crippen molar-refractivity contribution in [3.05, 3.63) is 76.3 Å². The topological polar surface area (TPSA) is 88.3 Å². The van der Waals surface area contributed by atoms with Crippen LogP contribution in [0.1, 0.15) is 17.3 Å². The smallest absolute Gasteiger partial charge is 0.339 e. The third-order valence-electron chi connectivity index (χ3n) is 3.74. The molecule has 0 saturated carbocycles. The quantitative estimate of drug-likeness (QED) is 0.705. The van der Waals surface area contributed by atoms with Gasteiger partial charge in [0.2, 0.25) is 5.56 Å². The monoisotopic (exact) mass is 354 g/mol. The molecule has 1 unspecified atom stereocenters. The molecular formula is C19H15FN2O4. The minimum atomic E-state index is -1.11. The SMILES string of the molecule is CC(OC(=O)c1cc(=O)[nH]c2ccccc12)C(=O)Nc1ccc(F)cc1. The molecule has 1 amide bonds. The van der Waals surface area contributed by atoms with E-state index in [4.69, 9.17) is 4.74 Å². The van der Waals surface area contributed by atoms with E-state index in [-0.39, 0.29) is 5.56 Å². The molecule has 6 nitrogen and oxygen atoms in total. The first-order chi connectivity index (χ1) is 12.4. The summed E-state index contributed by atoms with van der Waals surface area (Å²) in [7, 11) is 0. The summed E-state index contributed by atoms with van der Waals surface area (Å²) >= 11 is 0. The Hall–Kier alpha value is -3.48. The Kier molecular flexibility index (Phi) is 4.79. The molecule has 2 N–H and O–H groups in total. The molecule has 3 aromatic rings. The average molecular weight is 354 g/mol. The number of nitrogens with one attached hydrogen (secondary N) is 2. The van der Waals surface area contributed by atoms with Crippen LogP contribution in [0, 0.1) is 5.82 Å². The first-order valence-corrected chi connectivity index (χ1v) is 7.83. The molecule has 1 aromatic heterocycles. The molecule has 0 aliphatic carbocycles. The summed E-state index contributed by atoms with van der Waals surface area (Å²) in [5, 5.41) is 3.04. The van der Waals surface area contributed by atoms with Crippen LogP contribution in [-0.2, 0) is 9.53 Å². The highest BCUT2D eigenvalue weighted by molar-refractivity contribution is 6.04. The van der Waals surface area contributed by atoms with E-state index >= 15 is 0 Å². The van der Waals surface area contributed by atoms with Crippen LogP contribution < -0.4 is 10.9 Å². The standard InChI is InChI=1S/C19H15FN2O4/c1-11(18(24)21-13-8-6-12(20)7-9-13)26-19(25)15-10-17(23)22-16-5-3-2-4-14(15)16/h2-11H,1H3,(H,21,24)(H,22,23). The summed E-state index contributed by atoms with van der Waals surface area (Å²) in [6, 6.07) is 13.1. The van der Waals surface area contributed by atoms with Gasteiger partial charge in [0.25, 0.3) is 5.91 Å². The van der Waals surface area contributed by atoms with Crippen LogP contribution in [0.2, 0.25) is 0 Å². The Balaban J connectivity index is 1.76. The molecule has 26 heavy (non-hydrogen) atoms. The average Bonchev–Trinajstić information content (AvgIpc) is 2.62. The van der Waals surface area contributed by atoms with Crippen molar-refractivity contribution in [3.8, 4) is 0 Å². The van der Waals surface area contributed by atoms with Gasteiger partial charge in [-0.15, -0.1) is 0 Å². The number of benzene rings is 2. The van der Waals surface area contributed by atoms with Gasteiger partial charge in [-0.25, -0.2) is 9.18 Å². The fraction of sp³-hybridized carbons (Fsp3) is 0.105. The van der Waals surface area contributed by atoms with Gasteiger partial charge in [0, 0.05) is 22.7 Å². The molecule has 0 fully saturated rings. The number of amides is 1. The maximum atomic E-state index is 12.9. The minimum absolute atomic E-state index is 0.0748. The molecule has 2 aromatic carbocycles. The zero-order valence-electron chi connectivity index (χ0n) is 13.8. The van der Waals surface area contributed by atoms with Crippen LogP contribution in [0.15, 0.2) is 59.4 Å². The van der Waals surface area contributed by atoms with E-state index in [0.717, 1.165) is 6.07 Å². The molecule has 7 heteroatoms. The molecule has 0 aliphatic rings. The van der Waals surface area contributed by atoms with Crippen molar-refractivity contribution in [1.82, 2.24) is 4.98 Å². The predicted molar refractivity (Wildman–Crippen MR) is 94.5 cm³/mol. The Bertz CT molecular complexity index is 1030. The number of para-hydroxylation sites is 1. The van der Waals surface area contributed by atoms with Gasteiger partial charge in [0.15, 0.2) is 6.10 Å². The molecule has 1 heterocycles. The zero-order valence-corrected chi connectivity index (χ0v) is 13.8. The number of esters is 1. The Morgan fingerprint density at radius 1 is 1.12 bits per heavy atom. The summed E-state index contributed by atoms with van der Waals surface area (Å²) in [4.78, 5) is 38.9. The van der Waals surface area contributed by atoms with Gasteiger partial charge in [-0.05, 0) is 37.3 Å². The normalized spacial score (nSPS) is 11.8. The van der Waals surface area contributed by atoms with Crippen molar-refractivity contribution in [1.29, 1.82) is 0 Å². The van der Waals surface area contributed by atoms with Gasteiger partial charge in [-0.2, -0.15) is 0 Å². The third kappa shape index (κ3) is 3.77. The van der Waals surface area contributed by atoms with Crippen molar-refractivity contribution >= 4 is 28.5 Å². The van der Waals surface area contributed by atoms with Crippen molar-refractivity contribution in [3.63, 3.8) is 0 Å². The lowest BCUT2D eigenvalue weighted by Crippen LogP contribution is -2.30. The van der Waals surface area contributed by atoms with E-state index in [0.29, 0.717) is 16.6 Å². The lowest BCUT2D eigenvalue weighted by atomic mass is 10.1. The highest BCUT2D eigenvalue weighted by atomic mass is 19.1. The molecule has 0 aliphatic heterocycles. The molecule has 3 rings (SSSR count). The fourth-order valence-corrected chi connectivity index (χ4v) is 2.43. The number of aromatic nitrogens is 1. The number of rotatable bonds is 4. The van der Waals surface area contributed by atoms with E-state index in [9.17, 15) is 18.8 Å². The second-order valence-electron chi connectivity index (χ2n) is 5.64. The third-order valence-corrected chi connectivity index (χ3v) is 3.74. The van der Waals surface area contributed by atoms with Gasteiger partial charge in [0.1, 0.15) is 5.82 Å². The number of carbonyl (C=O) groups excluding carboxylic acids is 2. The molecule has 132 valence electrons. The maximum absolute atomic E-state index is 12.9. The number of anilines is 1. The van der Waals surface area contributed by atoms with Gasteiger partial charge < -0.3 is 15.0 Å². The van der Waals surface area contributed by atoms with Gasteiger partial charge in [-0.1, -0.05) is 18.2 Å². The number of hydrogen-bond acceptors (Lipinski definition) is 4. The van der Waals surface area contributed by atoms with Crippen molar-refractivity contribution in [2.75, 3.05) is 5.32 Å². The number of fused-ring (bicyclic) bond motifs is 1. The summed E-state index contributed by atoms with van der Waals surface area (Å²) < 4.78 is 18.1. The first kappa shape index (κ1) is 17.3. The molecule has 1 atom stereocenters. The van der Waals surface area contributed by atoms with Crippen LogP contribution in [0.25, 0.3) is 10.9 Å². The van der Waals surface area contributed by atoms with Crippen LogP contribution >= 0.6 is 0 Å². The Morgan fingerprint density at radius 2 is 1.81 bits per heavy atom. The molecule has 0 spiro atoms. The van der Waals surface area contributed by atoms with Crippen LogP contribution in [0.5, 0.6) is 0 Å². The number of aromatic amines is 1. The second kappa shape index (κ2) is 7.18. The molecular weight excluding hydrogens is 339 g/mol. The summed E-state index contributed by atoms with van der Waals surface area (Å²) in [5.41, 5.74) is 0.501. The van der Waals surface area contributed by atoms with Crippen LogP contribution in [-0.4, -0.2) is 23.0 Å². The summed E-state index contributed by atoms with van der Waals surface area (Å²) in [6.07, 6.45) is -1.11. The first-order valence-electron chi connectivity index (χ1n) is 7.83. The minimum Gasteiger partial charge on any atom is -0.449 e. The predicted octanol–water partition coefficient (Wildman–Crippen LogP) is 2.85. The van der Waals surface area contributed by atoms with Crippen molar-refractivity contribution in [2.45, 2.75) is 13.0 Å². The second-order valence-corrected chi connectivity index (χ2v) is 5.64. The number of ether oxygens (including phenoxy) is 1. The van der Waals surface area contributed by atoms with Crippen LogP contribution in [0.4, 0.5) is 10.1 Å². The van der Waals surface area contributed by atoms with Crippen LogP contribution in [0.3, 0.4) is 0 Å². The summed E-state index contributed by atoms with van der Waals surface area (Å²) in [5.74, 6) is -1.78. The highest BCUT2D eigenvalue weighted by Gasteiger charge is 2.21. The number of hydrogen-bond donors (Lipinski definition) is 2. The lowest BCUT2D eigenvalue weighted by molar-refractivity contribution is -0.123. The zero-order chi connectivity index (χ0) is 18.7. The van der Waals surface area contributed by atoms with Gasteiger partial charge in [-0.3, -0.25) is 9.59 Å². The van der Waals surface area contributed by atoms with Gasteiger partial charge in [0.05, 0.1) is 5.56 Å². The van der Waals surface area contributed by atoms with E-state index in [2.05, 4.69) is 10.3 Å². The van der Waals surface area contributed by atoms with Crippen molar-refractivity contribution < 1.29 is 18.7 Å². The lowest BCUT2D eigenvalue weighted by Gasteiger charge is -2.14. The molecule has 0 bridgehead atoms. The highest BCUT2D eigenvalue weighted by Crippen LogP contribution is 2.16. The van der Waals surface area contributed by atoms with Crippen molar-refractivity contribution in [2.24, 2.45) is 0 Å². The van der Waals surface area contributed by atoms with E-state index in [1.807, 2.05) is 0 Å². The fourth-order valence-electron chi connectivity index (χ4n) is 2.43. The van der Waals surface area contributed by atoms with E-state index in [1.165, 1.54) is 31.2 Å². The molecule has 0 radical (unpaired) electrons. The maximum Gasteiger partial charge on any atom is 0.339 e. The largest absolute Gasteiger partial charge is 0.449 e. The number of carbonyl (C=O) groups is 2. The van der Waals surface area contributed by atoms with Gasteiger partial charge >= 0.3 is 5.97 Å². The summed E-state index contributed by atoms with van der Waals surface area (Å²) in [6.45, 7) is 1.41. The number of halogens is 1. The Labute approximate surface area is 147 Å².